The van der Waals surface area contributed by atoms with Crippen LogP contribution in [0.15, 0.2) is 47.4 Å². The third-order valence-electron chi connectivity index (χ3n) is 4.27. The quantitative estimate of drug-likeness (QED) is 0.681. The maximum atomic E-state index is 12.7. The van der Waals surface area contributed by atoms with Crippen LogP contribution in [0, 0.1) is 6.92 Å². The van der Waals surface area contributed by atoms with E-state index >= 15 is 0 Å². The second-order valence-corrected chi connectivity index (χ2v) is 6.75. The van der Waals surface area contributed by atoms with E-state index in [1.54, 1.807) is 24.4 Å². The van der Waals surface area contributed by atoms with Crippen LogP contribution in [0.4, 0.5) is 0 Å². The zero-order valence-electron chi connectivity index (χ0n) is 16.3. The van der Waals surface area contributed by atoms with Gasteiger partial charge < -0.3 is 10.1 Å². The number of nitrogens with one attached hydrogen (secondary N) is 1. The lowest BCUT2D eigenvalue weighted by Gasteiger charge is -2.16. The highest BCUT2D eigenvalue weighted by Gasteiger charge is 2.17. The zero-order chi connectivity index (χ0) is 20.1. The van der Waals surface area contributed by atoms with Gasteiger partial charge in [0.15, 0.2) is 0 Å². The maximum absolute atomic E-state index is 12.7. The fourth-order valence-electron chi connectivity index (χ4n) is 2.88. The molecule has 0 aliphatic rings. The largest absolute Gasteiger partial charge is 0.477 e. The third-order valence-corrected chi connectivity index (χ3v) is 4.27. The monoisotopic (exact) mass is 380 g/mol. The van der Waals surface area contributed by atoms with Crippen molar-refractivity contribution in [3.05, 3.63) is 64.2 Å². The fraction of sp³-hybridized carbons (Fsp3) is 0.333. The Balaban J connectivity index is 1.75. The van der Waals surface area contributed by atoms with Crippen LogP contribution >= 0.6 is 0 Å². The second kappa shape index (κ2) is 8.65. The number of hydrogen-bond acceptors (Lipinski definition) is 5. The van der Waals surface area contributed by atoms with Crippen molar-refractivity contribution in [2.24, 2.45) is 0 Å². The Morgan fingerprint density at radius 3 is 2.82 bits per heavy atom. The van der Waals surface area contributed by atoms with Crippen LogP contribution in [-0.2, 0) is 6.54 Å². The number of rotatable bonds is 7. The molecule has 1 amide bonds. The summed E-state index contributed by atoms with van der Waals surface area (Å²) in [6.07, 6.45) is 2.48. The zero-order valence-corrected chi connectivity index (χ0v) is 16.3. The van der Waals surface area contributed by atoms with E-state index in [1.165, 1.54) is 4.68 Å². The molecule has 28 heavy (non-hydrogen) atoms. The average Bonchev–Trinajstić information content (AvgIpc) is 2.68. The molecule has 2 aromatic heterocycles. The minimum absolute atomic E-state index is 0.178. The number of carbonyl (C=O) groups is 1. The number of hydrogen-bond donors (Lipinski definition) is 1. The van der Waals surface area contributed by atoms with E-state index in [0.717, 1.165) is 17.5 Å². The summed E-state index contributed by atoms with van der Waals surface area (Å²) in [5.74, 6) is 0.0347. The van der Waals surface area contributed by atoms with Crippen molar-refractivity contribution in [1.82, 2.24) is 20.1 Å². The standard InChI is InChI=1S/C21H24N4O3/c1-4-11-28-20-18(10-9-14(2)24-20)19(26)23-15(3)13-25-21(27)17-8-6-5-7-16(17)12-22-25/h5-10,12,15H,4,11,13H2,1-3H3,(H,23,26)/t15-/m0/s1. The van der Waals surface area contributed by atoms with Gasteiger partial charge in [0, 0.05) is 17.1 Å². The van der Waals surface area contributed by atoms with Gasteiger partial charge in [-0.25, -0.2) is 9.67 Å². The van der Waals surface area contributed by atoms with Gasteiger partial charge in [-0.15, -0.1) is 0 Å². The molecule has 0 spiro atoms. The second-order valence-electron chi connectivity index (χ2n) is 6.75. The first-order valence-electron chi connectivity index (χ1n) is 9.35. The van der Waals surface area contributed by atoms with Gasteiger partial charge in [-0.1, -0.05) is 25.1 Å². The van der Waals surface area contributed by atoms with Gasteiger partial charge in [-0.05, 0) is 38.5 Å². The number of aromatic nitrogens is 3. The molecule has 0 fully saturated rings. The molecular formula is C21H24N4O3. The molecule has 7 nitrogen and oxygen atoms in total. The normalized spacial score (nSPS) is 12.0. The topological polar surface area (TPSA) is 86.1 Å². The highest BCUT2D eigenvalue weighted by molar-refractivity contribution is 5.96. The van der Waals surface area contributed by atoms with E-state index in [9.17, 15) is 9.59 Å². The molecule has 1 N–H and O–H groups in total. The van der Waals surface area contributed by atoms with Crippen molar-refractivity contribution in [1.29, 1.82) is 0 Å². The Labute approximate surface area is 163 Å². The molecule has 0 unspecified atom stereocenters. The lowest BCUT2D eigenvalue weighted by atomic mass is 10.2. The molecule has 0 saturated carbocycles. The molecule has 2 heterocycles. The molecule has 0 aliphatic heterocycles. The molecule has 0 radical (unpaired) electrons. The van der Waals surface area contributed by atoms with Crippen molar-refractivity contribution < 1.29 is 9.53 Å². The Kier molecular flexibility index (Phi) is 6.03. The van der Waals surface area contributed by atoms with Gasteiger partial charge >= 0.3 is 0 Å². The third kappa shape index (κ3) is 4.36. The van der Waals surface area contributed by atoms with Crippen LogP contribution in [0.5, 0.6) is 5.88 Å². The van der Waals surface area contributed by atoms with E-state index < -0.39 is 0 Å². The highest BCUT2D eigenvalue weighted by Crippen LogP contribution is 2.17. The molecule has 1 atom stereocenters. The van der Waals surface area contributed by atoms with Crippen molar-refractivity contribution in [2.45, 2.75) is 39.8 Å². The number of fused-ring (bicyclic) bond motifs is 1. The number of carbonyl (C=O) groups excluding carboxylic acids is 1. The number of benzene rings is 1. The number of pyridine rings is 1. The van der Waals surface area contributed by atoms with E-state index in [4.69, 9.17) is 4.74 Å². The first-order chi connectivity index (χ1) is 13.5. The summed E-state index contributed by atoms with van der Waals surface area (Å²) in [5, 5.41) is 8.51. The first-order valence-corrected chi connectivity index (χ1v) is 9.35. The minimum atomic E-state index is -0.306. The number of ether oxygens (including phenoxy) is 1. The summed E-state index contributed by atoms with van der Waals surface area (Å²) in [4.78, 5) is 29.6. The molecular weight excluding hydrogens is 356 g/mol. The maximum Gasteiger partial charge on any atom is 0.274 e. The summed E-state index contributed by atoms with van der Waals surface area (Å²) in [7, 11) is 0. The fourth-order valence-corrected chi connectivity index (χ4v) is 2.88. The number of amides is 1. The molecule has 0 bridgehead atoms. The Morgan fingerprint density at radius 1 is 1.25 bits per heavy atom. The Hall–Kier alpha value is -3.22. The van der Waals surface area contributed by atoms with Gasteiger partial charge in [0.1, 0.15) is 5.56 Å². The summed E-state index contributed by atoms with van der Waals surface area (Å²) in [6.45, 7) is 6.42. The van der Waals surface area contributed by atoms with E-state index in [-0.39, 0.29) is 24.1 Å². The van der Waals surface area contributed by atoms with E-state index in [1.807, 2.05) is 39.0 Å². The summed E-state index contributed by atoms with van der Waals surface area (Å²) >= 11 is 0. The minimum Gasteiger partial charge on any atom is -0.477 e. The Bertz CT molecular complexity index is 1050. The molecule has 7 heteroatoms. The van der Waals surface area contributed by atoms with Gasteiger partial charge in [-0.2, -0.15) is 5.10 Å². The van der Waals surface area contributed by atoms with Gasteiger partial charge in [0.25, 0.3) is 11.5 Å². The SMILES string of the molecule is CCCOc1nc(C)ccc1C(=O)N[C@@H](C)Cn1ncc2ccccc2c1=O. The van der Waals surface area contributed by atoms with Crippen molar-refractivity contribution in [3.63, 3.8) is 0 Å². The number of nitrogens with zero attached hydrogens (tertiary/aromatic N) is 3. The molecule has 0 saturated heterocycles. The Morgan fingerprint density at radius 2 is 2.04 bits per heavy atom. The lowest BCUT2D eigenvalue weighted by molar-refractivity contribution is 0.0930. The summed E-state index contributed by atoms with van der Waals surface area (Å²) in [5.41, 5.74) is 0.982. The van der Waals surface area contributed by atoms with E-state index in [0.29, 0.717) is 23.4 Å². The predicted molar refractivity (Wildman–Crippen MR) is 108 cm³/mol. The first kappa shape index (κ1) is 19.5. The highest BCUT2D eigenvalue weighted by atomic mass is 16.5. The van der Waals surface area contributed by atoms with Crippen molar-refractivity contribution in [3.8, 4) is 5.88 Å². The smallest absolute Gasteiger partial charge is 0.274 e. The lowest BCUT2D eigenvalue weighted by Crippen LogP contribution is -2.39. The van der Waals surface area contributed by atoms with Crippen molar-refractivity contribution >= 4 is 16.7 Å². The van der Waals surface area contributed by atoms with Crippen LogP contribution < -0.4 is 15.6 Å². The van der Waals surface area contributed by atoms with Crippen LogP contribution in [0.1, 0.15) is 36.3 Å². The van der Waals surface area contributed by atoms with Gasteiger partial charge in [-0.3, -0.25) is 9.59 Å². The molecule has 3 rings (SSSR count). The summed E-state index contributed by atoms with van der Waals surface area (Å²) < 4.78 is 6.99. The van der Waals surface area contributed by atoms with Crippen LogP contribution in [0.25, 0.3) is 10.8 Å². The van der Waals surface area contributed by atoms with Crippen LogP contribution in [0.3, 0.4) is 0 Å². The van der Waals surface area contributed by atoms with Gasteiger partial charge in [0.05, 0.1) is 24.7 Å². The predicted octanol–water partition coefficient (Wildman–Crippen LogP) is 2.71. The van der Waals surface area contributed by atoms with Crippen molar-refractivity contribution in [2.75, 3.05) is 6.61 Å². The molecule has 146 valence electrons. The average molecular weight is 380 g/mol. The molecule has 3 aromatic rings. The summed E-state index contributed by atoms with van der Waals surface area (Å²) in [6, 6.07) is 10.5. The molecule has 1 aromatic carbocycles. The van der Waals surface area contributed by atoms with E-state index in [2.05, 4.69) is 15.4 Å². The van der Waals surface area contributed by atoms with Crippen LogP contribution in [-0.4, -0.2) is 33.3 Å². The number of aryl methyl sites for hydroxylation is 1. The van der Waals surface area contributed by atoms with Crippen LogP contribution in [0.2, 0.25) is 0 Å². The van der Waals surface area contributed by atoms with Gasteiger partial charge in [0.2, 0.25) is 5.88 Å². The molecule has 0 aliphatic carbocycles.